The zero-order valence-electron chi connectivity index (χ0n) is 10.3. The zero-order valence-corrected chi connectivity index (χ0v) is 10.3. The molecule has 0 heterocycles. The van der Waals surface area contributed by atoms with Gasteiger partial charge in [0, 0.05) is 6.61 Å². The summed E-state index contributed by atoms with van der Waals surface area (Å²) in [7, 11) is 1.68. The molecular weight excluding hydrogens is 202 g/mol. The summed E-state index contributed by atoms with van der Waals surface area (Å²) in [5.41, 5.74) is 9.14. The van der Waals surface area contributed by atoms with Crippen LogP contribution < -0.4 is 10.5 Å². The zero-order chi connectivity index (χ0) is 12.1. The fraction of sp³-hybridized carbons (Fsp3) is 0.538. The maximum absolute atomic E-state index is 9.14. The van der Waals surface area contributed by atoms with Gasteiger partial charge in [0.1, 0.15) is 5.75 Å². The molecule has 0 bridgehead atoms. The maximum atomic E-state index is 9.14. The number of benzene rings is 1. The lowest BCUT2D eigenvalue weighted by molar-refractivity contribution is 0.229. The van der Waals surface area contributed by atoms with Crippen molar-refractivity contribution < 1.29 is 9.84 Å². The van der Waals surface area contributed by atoms with Crippen molar-refractivity contribution >= 4 is 0 Å². The molecule has 0 amide bonds. The van der Waals surface area contributed by atoms with Gasteiger partial charge in [0.2, 0.25) is 0 Å². The Bertz CT molecular complexity index is 346. The molecule has 0 aliphatic carbocycles. The van der Waals surface area contributed by atoms with E-state index >= 15 is 0 Å². The smallest absolute Gasteiger partial charge is 0.122 e. The largest absolute Gasteiger partial charge is 0.496 e. The third kappa shape index (κ3) is 2.97. The van der Waals surface area contributed by atoms with E-state index in [1.807, 2.05) is 13.0 Å². The minimum atomic E-state index is 0.140. The molecule has 0 saturated carbocycles. The number of aliphatic hydroxyl groups is 1. The van der Waals surface area contributed by atoms with Crippen LogP contribution in [0, 0.1) is 19.8 Å². The highest BCUT2D eigenvalue weighted by atomic mass is 16.5. The topological polar surface area (TPSA) is 55.5 Å². The first-order valence-corrected chi connectivity index (χ1v) is 5.57. The van der Waals surface area contributed by atoms with Crippen molar-refractivity contribution in [1.82, 2.24) is 0 Å². The van der Waals surface area contributed by atoms with E-state index in [1.54, 1.807) is 7.11 Å². The monoisotopic (exact) mass is 223 g/mol. The Balaban J connectivity index is 2.92. The predicted molar refractivity (Wildman–Crippen MR) is 65.8 cm³/mol. The van der Waals surface area contributed by atoms with Gasteiger partial charge in [-0.3, -0.25) is 0 Å². The van der Waals surface area contributed by atoms with Gasteiger partial charge < -0.3 is 15.6 Å². The maximum Gasteiger partial charge on any atom is 0.122 e. The molecule has 0 radical (unpaired) electrons. The molecule has 1 aromatic carbocycles. The summed E-state index contributed by atoms with van der Waals surface area (Å²) in [6, 6.07) is 4.15. The van der Waals surface area contributed by atoms with E-state index in [-0.39, 0.29) is 12.5 Å². The second kappa shape index (κ2) is 5.87. The standard InChI is InChI=1S/C13H21NO2/c1-9-5-13(16-3)10(2)4-12(9)6-11(7-14)8-15/h4-5,11,15H,6-8,14H2,1-3H3. The Hall–Kier alpha value is -1.06. The lowest BCUT2D eigenvalue weighted by Crippen LogP contribution is -2.20. The van der Waals surface area contributed by atoms with Crippen LogP contribution in [0.25, 0.3) is 0 Å². The SMILES string of the molecule is COc1cc(C)c(CC(CN)CO)cc1C. The molecular formula is C13H21NO2. The summed E-state index contributed by atoms with van der Waals surface area (Å²) in [6.45, 7) is 4.74. The van der Waals surface area contributed by atoms with Crippen molar-refractivity contribution in [3.63, 3.8) is 0 Å². The third-order valence-electron chi connectivity index (χ3n) is 2.95. The summed E-state index contributed by atoms with van der Waals surface area (Å²) in [5.74, 6) is 1.06. The van der Waals surface area contributed by atoms with Gasteiger partial charge in [0.25, 0.3) is 0 Å². The molecule has 1 rings (SSSR count). The van der Waals surface area contributed by atoms with Crippen LogP contribution in [0.3, 0.4) is 0 Å². The van der Waals surface area contributed by atoms with Gasteiger partial charge in [-0.05, 0) is 55.5 Å². The van der Waals surface area contributed by atoms with E-state index in [4.69, 9.17) is 15.6 Å². The van der Waals surface area contributed by atoms with Crippen molar-refractivity contribution in [2.24, 2.45) is 11.7 Å². The highest BCUT2D eigenvalue weighted by Crippen LogP contribution is 2.24. The highest BCUT2D eigenvalue weighted by molar-refractivity contribution is 5.41. The first kappa shape index (κ1) is 13.0. The molecule has 0 aliphatic heterocycles. The van der Waals surface area contributed by atoms with Crippen molar-refractivity contribution in [2.75, 3.05) is 20.3 Å². The Morgan fingerprint density at radius 3 is 2.50 bits per heavy atom. The van der Waals surface area contributed by atoms with Crippen LogP contribution in [-0.2, 0) is 6.42 Å². The average Bonchev–Trinajstić information content (AvgIpc) is 2.29. The summed E-state index contributed by atoms with van der Waals surface area (Å²) >= 11 is 0. The fourth-order valence-corrected chi connectivity index (χ4v) is 1.82. The molecule has 3 N–H and O–H groups in total. The minimum absolute atomic E-state index is 0.140. The van der Waals surface area contributed by atoms with Crippen molar-refractivity contribution in [2.45, 2.75) is 20.3 Å². The number of nitrogens with two attached hydrogens (primary N) is 1. The molecule has 0 spiro atoms. The molecule has 1 unspecified atom stereocenters. The molecule has 3 nitrogen and oxygen atoms in total. The van der Waals surface area contributed by atoms with Crippen molar-refractivity contribution in [3.8, 4) is 5.75 Å². The van der Waals surface area contributed by atoms with E-state index in [9.17, 15) is 0 Å². The second-order valence-corrected chi connectivity index (χ2v) is 4.24. The van der Waals surface area contributed by atoms with E-state index in [0.29, 0.717) is 6.54 Å². The van der Waals surface area contributed by atoms with Crippen molar-refractivity contribution in [1.29, 1.82) is 0 Å². The number of methoxy groups -OCH3 is 1. The first-order valence-electron chi connectivity index (χ1n) is 5.57. The molecule has 90 valence electrons. The van der Waals surface area contributed by atoms with Crippen LogP contribution in [0.15, 0.2) is 12.1 Å². The van der Waals surface area contributed by atoms with Gasteiger partial charge in [0.05, 0.1) is 7.11 Å². The predicted octanol–water partition coefficient (Wildman–Crippen LogP) is 1.42. The van der Waals surface area contributed by atoms with E-state index in [0.717, 1.165) is 17.7 Å². The third-order valence-corrected chi connectivity index (χ3v) is 2.95. The van der Waals surface area contributed by atoms with Gasteiger partial charge >= 0.3 is 0 Å². The van der Waals surface area contributed by atoms with Crippen molar-refractivity contribution in [3.05, 3.63) is 28.8 Å². The minimum Gasteiger partial charge on any atom is -0.496 e. The van der Waals surface area contributed by atoms with Crippen LogP contribution in [-0.4, -0.2) is 25.4 Å². The van der Waals surface area contributed by atoms with Gasteiger partial charge in [-0.15, -0.1) is 0 Å². The number of hydrogen-bond donors (Lipinski definition) is 2. The summed E-state index contributed by atoms with van der Waals surface area (Å²) in [4.78, 5) is 0. The van der Waals surface area contributed by atoms with Gasteiger partial charge in [0.15, 0.2) is 0 Å². The molecule has 1 atom stereocenters. The molecule has 0 saturated heterocycles. The number of aryl methyl sites for hydroxylation is 2. The van der Waals surface area contributed by atoms with Gasteiger partial charge in [-0.2, -0.15) is 0 Å². The fourth-order valence-electron chi connectivity index (χ4n) is 1.82. The Morgan fingerprint density at radius 2 is 2.00 bits per heavy atom. The molecule has 1 aromatic rings. The molecule has 0 fully saturated rings. The van der Waals surface area contributed by atoms with Gasteiger partial charge in [-0.25, -0.2) is 0 Å². The van der Waals surface area contributed by atoms with Crippen LogP contribution in [0.1, 0.15) is 16.7 Å². The molecule has 3 heteroatoms. The van der Waals surface area contributed by atoms with Gasteiger partial charge in [-0.1, -0.05) is 6.07 Å². The Kier molecular flexibility index (Phi) is 4.77. The van der Waals surface area contributed by atoms with Crippen LogP contribution in [0.5, 0.6) is 5.75 Å². The Morgan fingerprint density at radius 1 is 1.31 bits per heavy atom. The van der Waals surface area contributed by atoms with Crippen LogP contribution in [0.4, 0.5) is 0 Å². The summed E-state index contributed by atoms with van der Waals surface area (Å²) < 4.78 is 5.26. The van der Waals surface area contributed by atoms with Crippen LogP contribution >= 0.6 is 0 Å². The van der Waals surface area contributed by atoms with E-state index in [2.05, 4.69) is 13.0 Å². The summed E-state index contributed by atoms with van der Waals surface area (Å²) in [6.07, 6.45) is 0.823. The molecule has 16 heavy (non-hydrogen) atoms. The average molecular weight is 223 g/mol. The second-order valence-electron chi connectivity index (χ2n) is 4.24. The van der Waals surface area contributed by atoms with E-state index in [1.165, 1.54) is 11.1 Å². The number of hydrogen-bond acceptors (Lipinski definition) is 3. The number of rotatable bonds is 5. The molecule has 0 aromatic heterocycles. The Labute approximate surface area is 97.2 Å². The lowest BCUT2D eigenvalue weighted by Gasteiger charge is -2.15. The normalized spacial score (nSPS) is 12.6. The lowest BCUT2D eigenvalue weighted by atomic mass is 9.95. The first-order chi connectivity index (χ1) is 7.62. The molecule has 0 aliphatic rings. The quantitative estimate of drug-likeness (QED) is 0.793. The van der Waals surface area contributed by atoms with Crippen LogP contribution in [0.2, 0.25) is 0 Å². The number of ether oxygens (including phenoxy) is 1. The van der Waals surface area contributed by atoms with E-state index < -0.39 is 0 Å². The number of aliphatic hydroxyl groups excluding tert-OH is 1. The highest BCUT2D eigenvalue weighted by Gasteiger charge is 2.10. The summed E-state index contributed by atoms with van der Waals surface area (Å²) in [5, 5.41) is 9.14.